The summed E-state index contributed by atoms with van der Waals surface area (Å²) >= 11 is 1.82. The van der Waals surface area contributed by atoms with Gasteiger partial charge >= 0.3 is 6.92 Å². The monoisotopic (exact) mass is 389 g/mol. The minimum atomic E-state index is -0.408. The molecule has 0 aliphatic carbocycles. The topological polar surface area (TPSA) is 31.4 Å². The SMILES string of the molecule is CC1OC(C)(C)C(C)(C)OB1c1cnc2cccc3c2c1-c1ccccc1S3. The summed E-state index contributed by atoms with van der Waals surface area (Å²) in [4.78, 5) is 7.33. The molecule has 0 N–H and O–H groups in total. The minimum absolute atomic E-state index is 0.0626. The molecule has 0 amide bonds. The quantitative estimate of drug-likeness (QED) is 0.424. The molecule has 2 aliphatic rings. The number of rotatable bonds is 1. The van der Waals surface area contributed by atoms with E-state index in [9.17, 15) is 0 Å². The maximum Gasteiger partial charge on any atom is 0.359 e. The molecule has 0 bridgehead atoms. The predicted molar refractivity (Wildman–Crippen MR) is 116 cm³/mol. The fourth-order valence-electron chi connectivity index (χ4n) is 4.24. The first-order valence-electron chi connectivity index (χ1n) is 9.83. The molecule has 5 heteroatoms. The van der Waals surface area contributed by atoms with E-state index in [0.717, 1.165) is 11.0 Å². The molecule has 3 nitrogen and oxygen atoms in total. The second kappa shape index (κ2) is 6.09. The molecule has 1 unspecified atom stereocenters. The van der Waals surface area contributed by atoms with Crippen LogP contribution in [0.2, 0.25) is 0 Å². The van der Waals surface area contributed by atoms with Crippen molar-refractivity contribution in [1.82, 2.24) is 4.98 Å². The van der Waals surface area contributed by atoms with Crippen molar-refractivity contribution in [3.8, 4) is 11.1 Å². The molecule has 1 atom stereocenters. The van der Waals surface area contributed by atoms with Crippen LogP contribution in [0.4, 0.5) is 0 Å². The van der Waals surface area contributed by atoms with Gasteiger partial charge in [0.1, 0.15) is 0 Å². The van der Waals surface area contributed by atoms with Gasteiger partial charge in [-0.15, -0.1) is 0 Å². The number of pyridine rings is 1. The Morgan fingerprint density at radius 3 is 2.54 bits per heavy atom. The number of nitrogens with zero attached hydrogens (tertiary/aromatic N) is 1. The lowest BCUT2D eigenvalue weighted by atomic mass is 9.52. The van der Waals surface area contributed by atoms with E-state index in [-0.39, 0.29) is 18.5 Å². The molecule has 1 aromatic heterocycles. The molecular formula is C23H24BNO2S. The zero-order valence-corrected chi connectivity index (χ0v) is 17.8. The van der Waals surface area contributed by atoms with Crippen molar-refractivity contribution in [2.24, 2.45) is 0 Å². The summed E-state index contributed by atoms with van der Waals surface area (Å²) in [6, 6.07) is 14.9. The highest BCUT2D eigenvalue weighted by molar-refractivity contribution is 7.99. The highest BCUT2D eigenvalue weighted by Crippen LogP contribution is 2.47. The van der Waals surface area contributed by atoms with Gasteiger partial charge in [0.2, 0.25) is 0 Å². The Hall–Kier alpha value is -1.82. The first kappa shape index (κ1) is 18.2. The Morgan fingerprint density at radius 2 is 1.71 bits per heavy atom. The largest absolute Gasteiger partial charge is 0.421 e. The van der Waals surface area contributed by atoms with Crippen molar-refractivity contribution >= 4 is 35.0 Å². The number of hydrogen-bond acceptors (Lipinski definition) is 4. The average molecular weight is 389 g/mol. The molecule has 3 heterocycles. The highest BCUT2D eigenvalue weighted by Gasteiger charge is 2.51. The third-order valence-corrected chi connectivity index (χ3v) is 7.48. The molecule has 2 aromatic carbocycles. The Balaban J connectivity index is 1.76. The van der Waals surface area contributed by atoms with Gasteiger partial charge < -0.3 is 9.39 Å². The van der Waals surface area contributed by atoms with Crippen LogP contribution in [0.5, 0.6) is 0 Å². The lowest BCUT2D eigenvalue weighted by molar-refractivity contribution is -0.176. The van der Waals surface area contributed by atoms with E-state index in [1.54, 1.807) is 0 Å². The van der Waals surface area contributed by atoms with Gasteiger partial charge in [0.15, 0.2) is 0 Å². The van der Waals surface area contributed by atoms with Crippen LogP contribution in [-0.4, -0.2) is 29.1 Å². The zero-order chi connectivity index (χ0) is 19.7. The second-order valence-corrected chi connectivity index (χ2v) is 9.80. The van der Waals surface area contributed by atoms with E-state index in [4.69, 9.17) is 14.4 Å². The molecule has 28 heavy (non-hydrogen) atoms. The average Bonchev–Trinajstić information content (AvgIpc) is 2.65. The summed E-state index contributed by atoms with van der Waals surface area (Å²) in [6.07, 6.45) is 1.99. The number of aromatic nitrogens is 1. The van der Waals surface area contributed by atoms with Crippen molar-refractivity contribution in [3.05, 3.63) is 48.7 Å². The van der Waals surface area contributed by atoms with Gasteiger partial charge in [0, 0.05) is 21.4 Å². The summed E-state index contributed by atoms with van der Waals surface area (Å²) in [5.74, 6) is 0. The summed E-state index contributed by atoms with van der Waals surface area (Å²) in [6.45, 7) is 10.4. The molecule has 1 fully saturated rings. The normalized spacial score (nSPS) is 22.2. The van der Waals surface area contributed by atoms with Crippen molar-refractivity contribution in [3.63, 3.8) is 0 Å². The fraction of sp³-hybridized carbons (Fsp3) is 0.348. The molecule has 142 valence electrons. The van der Waals surface area contributed by atoms with E-state index in [1.807, 2.05) is 18.0 Å². The molecule has 0 spiro atoms. The van der Waals surface area contributed by atoms with Gasteiger partial charge in [-0.05, 0) is 69.4 Å². The Kier molecular flexibility index (Phi) is 3.96. The third-order valence-electron chi connectivity index (χ3n) is 6.35. The summed E-state index contributed by atoms with van der Waals surface area (Å²) in [5.41, 5.74) is 3.88. The van der Waals surface area contributed by atoms with Gasteiger partial charge in [-0.2, -0.15) is 0 Å². The predicted octanol–water partition coefficient (Wildman–Crippen LogP) is 5.10. The third kappa shape index (κ3) is 2.57. The smallest absolute Gasteiger partial charge is 0.359 e. The van der Waals surface area contributed by atoms with E-state index in [0.29, 0.717) is 0 Å². The molecule has 0 saturated carbocycles. The first-order valence-corrected chi connectivity index (χ1v) is 10.6. The van der Waals surface area contributed by atoms with Gasteiger partial charge in [-0.25, -0.2) is 0 Å². The van der Waals surface area contributed by atoms with Crippen molar-refractivity contribution in [1.29, 1.82) is 0 Å². The van der Waals surface area contributed by atoms with E-state index in [2.05, 4.69) is 77.1 Å². The standard InChI is InChI=1S/C23H24BNO2S/c1-14-24(27-23(4,5)22(2,3)26-14)16-13-25-17-10-8-12-19-21(17)20(16)15-9-6-7-11-18(15)28-19/h6-14H,1-5H3. The van der Waals surface area contributed by atoms with E-state index < -0.39 is 5.60 Å². The van der Waals surface area contributed by atoms with Gasteiger partial charge in [-0.1, -0.05) is 36.0 Å². The lowest BCUT2D eigenvalue weighted by Crippen LogP contribution is -2.65. The Morgan fingerprint density at radius 1 is 0.964 bits per heavy atom. The van der Waals surface area contributed by atoms with Crippen LogP contribution in [0.1, 0.15) is 34.6 Å². The van der Waals surface area contributed by atoms with Crippen LogP contribution < -0.4 is 5.46 Å². The number of ether oxygens (including phenoxy) is 1. The van der Waals surface area contributed by atoms with Crippen LogP contribution in [-0.2, 0) is 9.39 Å². The summed E-state index contributed by atoms with van der Waals surface area (Å²) in [7, 11) is 0. The van der Waals surface area contributed by atoms with Gasteiger partial charge in [0.05, 0.1) is 22.7 Å². The lowest BCUT2D eigenvalue weighted by Gasteiger charge is -2.50. The Labute approximate surface area is 171 Å². The van der Waals surface area contributed by atoms with Crippen molar-refractivity contribution < 1.29 is 9.39 Å². The fourth-order valence-corrected chi connectivity index (χ4v) is 5.36. The Bertz CT molecular complexity index is 1100. The molecule has 0 radical (unpaired) electrons. The highest BCUT2D eigenvalue weighted by atomic mass is 32.2. The maximum absolute atomic E-state index is 6.69. The maximum atomic E-state index is 6.69. The van der Waals surface area contributed by atoms with Gasteiger partial charge in [-0.3, -0.25) is 4.98 Å². The van der Waals surface area contributed by atoms with E-state index in [1.165, 1.54) is 26.3 Å². The molecule has 5 rings (SSSR count). The van der Waals surface area contributed by atoms with Crippen LogP contribution in [0.3, 0.4) is 0 Å². The van der Waals surface area contributed by atoms with Crippen LogP contribution in [0.25, 0.3) is 22.0 Å². The second-order valence-electron chi connectivity index (χ2n) is 8.72. The van der Waals surface area contributed by atoms with E-state index >= 15 is 0 Å². The number of benzene rings is 2. The van der Waals surface area contributed by atoms with Crippen LogP contribution in [0.15, 0.2) is 58.5 Å². The van der Waals surface area contributed by atoms with Crippen LogP contribution in [0, 0.1) is 0 Å². The summed E-state index contributed by atoms with van der Waals surface area (Å²) < 4.78 is 13.1. The minimum Gasteiger partial charge on any atom is -0.421 e. The molecule has 2 aliphatic heterocycles. The summed E-state index contributed by atoms with van der Waals surface area (Å²) in [5, 5.41) is 1.22. The number of hydrogen-bond donors (Lipinski definition) is 0. The molecule has 3 aromatic rings. The molecule has 1 saturated heterocycles. The molecular weight excluding hydrogens is 365 g/mol. The zero-order valence-electron chi connectivity index (χ0n) is 16.9. The van der Waals surface area contributed by atoms with Crippen LogP contribution >= 0.6 is 11.8 Å². The van der Waals surface area contributed by atoms with Crippen molar-refractivity contribution in [2.75, 3.05) is 0 Å². The first-order chi connectivity index (χ1) is 13.3. The van der Waals surface area contributed by atoms with Gasteiger partial charge in [0.25, 0.3) is 0 Å². The van der Waals surface area contributed by atoms with Crippen molar-refractivity contribution in [2.45, 2.75) is 61.6 Å². The number of fused-ring (bicyclic) bond motifs is 2.